The first-order chi connectivity index (χ1) is 14.3. The van der Waals surface area contributed by atoms with E-state index in [0.29, 0.717) is 5.02 Å². The van der Waals surface area contributed by atoms with E-state index in [1.165, 1.54) is 11.3 Å². The number of halogens is 1. The molecule has 3 aromatic rings. The van der Waals surface area contributed by atoms with Crippen molar-refractivity contribution in [2.75, 3.05) is 18.0 Å². The molecular formula is C23H23ClN4O. The lowest BCUT2D eigenvalue weighted by Crippen LogP contribution is -2.39. The standard InChI is InChI=1S/C23H23ClN4O/c24-19-5-1-2-7-21(19)29-17-10-14-28(15-11-17)23-18-4-3-6-20(18)26-22(27-23)16-8-12-25-13-9-16/h1-2,5,7-9,12-13,17H,3-4,6,10-11,14-15H2. The number of aryl methyl sites for hydroxylation is 1. The fraction of sp³-hybridized carbons (Fsp3) is 0.348. The summed E-state index contributed by atoms with van der Waals surface area (Å²) < 4.78 is 6.16. The van der Waals surface area contributed by atoms with Crippen LogP contribution in [0.1, 0.15) is 30.5 Å². The highest BCUT2D eigenvalue weighted by molar-refractivity contribution is 6.32. The summed E-state index contributed by atoms with van der Waals surface area (Å²) in [5.74, 6) is 2.68. The Kier molecular flexibility index (Phi) is 5.06. The van der Waals surface area contributed by atoms with E-state index in [2.05, 4.69) is 9.88 Å². The molecule has 0 unspecified atom stereocenters. The van der Waals surface area contributed by atoms with E-state index >= 15 is 0 Å². The van der Waals surface area contributed by atoms with Gasteiger partial charge in [-0.2, -0.15) is 0 Å². The monoisotopic (exact) mass is 406 g/mol. The van der Waals surface area contributed by atoms with Crippen molar-refractivity contribution in [2.24, 2.45) is 0 Å². The summed E-state index contributed by atoms with van der Waals surface area (Å²) in [6, 6.07) is 11.6. The predicted molar refractivity (Wildman–Crippen MR) is 115 cm³/mol. The molecule has 0 bridgehead atoms. The number of piperidine rings is 1. The molecule has 0 radical (unpaired) electrons. The van der Waals surface area contributed by atoms with Crippen molar-refractivity contribution in [1.29, 1.82) is 0 Å². The Balaban J connectivity index is 1.35. The third-order valence-electron chi connectivity index (χ3n) is 5.72. The molecule has 2 aromatic heterocycles. The van der Waals surface area contributed by atoms with Gasteiger partial charge in [0.05, 0.1) is 5.02 Å². The van der Waals surface area contributed by atoms with Crippen LogP contribution in [0.2, 0.25) is 5.02 Å². The van der Waals surface area contributed by atoms with Crippen LogP contribution < -0.4 is 9.64 Å². The Labute approximate surface area is 175 Å². The number of nitrogens with zero attached hydrogens (tertiary/aromatic N) is 4. The molecule has 3 heterocycles. The van der Waals surface area contributed by atoms with E-state index in [-0.39, 0.29) is 6.10 Å². The van der Waals surface area contributed by atoms with Crippen LogP contribution in [-0.4, -0.2) is 34.1 Å². The number of pyridine rings is 1. The lowest BCUT2D eigenvalue weighted by atomic mass is 10.1. The molecule has 148 valence electrons. The normalized spacial score (nSPS) is 16.7. The molecule has 5 rings (SSSR count). The summed E-state index contributed by atoms with van der Waals surface area (Å²) in [5.41, 5.74) is 3.55. The molecule has 1 aliphatic carbocycles. The van der Waals surface area contributed by atoms with Gasteiger partial charge in [0.15, 0.2) is 5.82 Å². The molecule has 1 aliphatic heterocycles. The summed E-state index contributed by atoms with van der Waals surface area (Å²) in [5, 5.41) is 0.672. The summed E-state index contributed by atoms with van der Waals surface area (Å²) in [6.45, 7) is 1.85. The highest BCUT2D eigenvalue weighted by atomic mass is 35.5. The smallest absolute Gasteiger partial charge is 0.161 e. The molecule has 1 saturated heterocycles. The molecule has 6 heteroatoms. The first-order valence-electron chi connectivity index (χ1n) is 10.2. The van der Waals surface area contributed by atoms with Gasteiger partial charge in [-0.05, 0) is 43.5 Å². The zero-order chi connectivity index (χ0) is 19.6. The van der Waals surface area contributed by atoms with Gasteiger partial charge in [0, 0.05) is 55.1 Å². The van der Waals surface area contributed by atoms with Crippen molar-refractivity contribution in [3.63, 3.8) is 0 Å². The van der Waals surface area contributed by atoms with Crippen LogP contribution in [0.4, 0.5) is 5.82 Å². The summed E-state index contributed by atoms with van der Waals surface area (Å²) in [6.07, 6.45) is 8.94. The van der Waals surface area contributed by atoms with Gasteiger partial charge in [-0.3, -0.25) is 4.98 Å². The van der Waals surface area contributed by atoms with Crippen LogP contribution in [0, 0.1) is 0 Å². The van der Waals surface area contributed by atoms with Gasteiger partial charge in [-0.25, -0.2) is 9.97 Å². The zero-order valence-electron chi connectivity index (χ0n) is 16.2. The molecular weight excluding hydrogens is 384 g/mol. The van der Waals surface area contributed by atoms with Gasteiger partial charge in [-0.15, -0.1) is 0 Å². The van der Waals surface area contributed by atoms with E-state index in [9.17, 15) is 0 Å². The summed E-state index contributed by atoms with van der Waals surface area (Å²) >= 11 is 6.25. The maximum absolute atomic E-state index is 6.25. The number of rotatable bonds is 4. The Morgan fingerprint density at radius 2 is 1.76 bits per heavy atom. The molecule has 1 aromatic carbocycles. The Hall–Kier alpha value is -2.66. The molecule has 0 amide bonds. The Morgan fingerprint density at radius 3 is 2.55 bits per heavy atom. The number of anilines is 1. The van der Waals surface area contributed by atoms with Gasteiger partial charge in [0.2, 0.25) is 0 Å². The van der Waals surface area contributed by atoms with Gasteiger partial charge in [0.1, 0.15) is 17.7 Å². The van der Waals surface area contributed by atoms with Crippen molar-refractivity contribution in [3.8, 4) is 17.1 Å². The fourth-order valence-corrected chi connectivity index (χ4v) is 4.39. The van der Waals surface area contributed by atoms with Crippen LogP contribution in [0.15, 0.2) is 48.8 Å². The van der Waals surface area contributed by atoms with Crippen LogP contribution in [0.5, 0.6) is 5.75 Å². The van der Waals surface area contributed by atoms with E-state index in [4.69, 9.17) is 26.3 Å². The van der Waals surface area contributed by atoms with Crippen LogP contribution >= 0.6 is 11.6 Å². The lowest BCUT2D eigenvalue weighted by molar-refractivity contribution is 0.171. The number of fused-ring (bicyclic) bond motifs is 1. The number of hydrogen-bond acceptors (Lipinski definition) is 5. The fourth-order valence-electron chi connectivity index (χ4n) is 4.21. The zero-order valence-corrected chi connectivity index (χ0v) is 17.0. The number of aromatic nitrogens is 3. The first kappa shape index (κ1) is 18.4. The topological polar surface area (TPSA) is 51.1 Å². The van der Waals surface area contributed by atoms with Gasteiger partial charge in [-0.1, -0.05) is 23.7 Å². The van der Waals surface area contributed by atoms with Gasteiger partial charge >= 0.3 is 0 Å². The van der Waals surface area contributed by atoms with Crippen molar-refractivity contribution < 1.29 is 4.74 Å². The Morgan fingerprint density at radius 1 is 0.966 bits per heavy atom. The van der Waals surface area contributed by atoms with Crippen LogP contribution in [-0.2, 0) is 12.8 Å². The minimum Gasteiger partial charge on any atom is -0.489 e. The van der Waals surface area contributed by atoms with Gasteiger partial charge in [0.25, 0.3) is 0 Å². The number of para-hydroxylation sites is 1. The predicted octanol–water partition coefficient (Wildman–Crippen LogP) is 4.73. The minimum absolute atomic E-state index is 0.181. The number of benzene rings is 1. The van der Waals surface area contributed by atoms with Crippen LogP contribution in [0.25, 0.3) is 11.4 Å². The third kappa shape index (κ3) is 3.79. The highest BCUT2D eigenvalue weighted by Gasteiger charge is 2.27. The van der Waals surface area contributed by atoms with Crippen molar-refractivity contribution in [1.82, 2.24) is 15.0 Å². The molecule has 2 aliphatic rings. The molecule has 0 spiro atoms. The quantitative estimate of drug-likeness (QED) is 0.627. The first-order valence-corrected chi connectivity index (χ1v) is 10.6. The van der Waals surface area contributed by atoms with E-state index in [1.54, 1.807) is 12.4 Å². The second-order valence-electron chi connectivity index (χ2n) is 7.62. The molecule has 29 heavy (non-hydrogen) atoms. The summed E-state index contributed by atoms with van der Waals surface area (Å²) in [4.78, 5) is 16.4. The van der Waals surface area contributed by atoms with Crippen LogP contribution in [0.3, 0.4) is 0 Å². The van der Waals surface area contributed by atoms with Crippen molar-refractivity contribution in [2.45, 2.75) is 38.2 Å². The SMILES string of the molecule is Clc1ccccc1OC1CCN(c2nc(-c3ccncc3)nc3c2CCC3)CC1. The number of hydrogen-bond donors (Lipinski definition) is 0. The lowest BCUT2D eigenvalue weighted by Gasteiger charge is -2.34. The van der Waals surface area contributed by atoms with Gasteiger partial charge < -0.3 is 9.64 Å². The average Bonchev–Trinajstić information content (AvgIpc) is 3.25. The maximum atomic E-state index is 6.25. The maximum Gasteiger partial charge on any atom is 0.161 e. The molecule has 0 atom stereocenters. The van der Waals surface area contributed by atoms with Crippen molar-refractivity contribution in [3.05, 3.63) is 65.1 Å². The highest BCUT2D eigenvalue weighted by Crippen LogP contribution is 2.33. The molecule has 5 nitrogen and oxygen atoms in total. The summed E-state index contributed by atoms with van der Waals surface area (Å²) in [7, 11) is 0. The average molecular weight is 407 g/mol. The molecule has 0 saturated carbocycles. The third-order valence-corrected chi connectivity index (χ3v) is 6.03. The Bertz CT molecular complexity index is 1000. The van der Waals surface area contributed by atoms with E-state index in [0.717, 1.165) is 68.1 Å². The van der Waals surface area contributed by atoms with Crippen molar-refractivity contribution >= 4 is 17.4 Å². The second-order valence-corrected chi connectivity index (χ2v) is 8.03. The molecule has 0 N–H and O–H groups in total. The van der Waals surface area contributed by atoms with E-state index in [1.807, 2.05) is 36.4 Å². The van der Waals surface area contributed by atoms with E-state index < -0.39 is 0 Å². The second kappa shape index (κ2) is 7.99. The largest absolute Gasteiger partial charge is 0.489 e. The minimum atomic E-state index is 0.181. The number of ether oxygens (including phenoxy) is 1. The molecule has 1 fully saturated rings.